The largest absolute Gasteiger partial charge is 0.387 e. The summed E-state index contributed by atoms with van der Waals surface area (Å²) in [6, 6.07) is 7.95. The molecule has 1 aromatic carbocycles. The smallest absolute Gasteiger partial charge is 0.163 e. The number of pyridine rings is 1. The van der Waals surface area contributed by atoms with Crippen LogP contribution in [0.2, 0.25) is 5.02 Å². The number of rotatable bonds is 5. The Morgan fingerprint density at radius 3 is 2.73 bits per heavy atom. The molecule has 0 aliphatic carbocycles. The average Bonchev–Trinajstić information content (AvgIpc) is 2.65. The summed E-state index contributed by atoms with van der Waals surface area (Å²) < 4.78 is 13.6. The molecule has 2 N–H and O–H groups in total. The zero-order valence-corrected chi connectivity index (χ0v) is 15.1. The minimum absolute atomic E-state index is 0.0253. The van der Waals surface area contributed by atoms with E-state index in [1.165, 1.54) is 12.1 Å². The number of nitrogens with one attached hydrogen (secondary N) is 1. The molecule has 0 aliphatic rings. The van der Waals surface area contributed by atoms with E-state index in [9.17, 15) is 9.50 Å². The van der Waals surface area contributed by atoms with Gasteiger partial charge in [0.05, 0.1) is 11.1 Å². The number of aromatic nitrogens is 3. The summed E-state index contributed by atoms with van der Waals surface area (Å²) in [4.78, 5) is 13.1. The van der Waals surface area contributed by atoms with Crippen molar-refractivity contribution in [2.24, 2.45) is 0 Å². The summed E-state index contributed by atoms with van der Waals surface area (Å²) in [7, 11) is 0. The molecule has 0 bridgehead atoms. The number of aliphatic hydroxyl groups excluding tert-OH is 1. The van der Waals surface area contributed by atoms with Gasteiger partial charge in [0.25, 0.3) is 0 Å². The Labute approximate surface area is 155 Å². The maximum Gasteiger partial charge on any atom is 0.163 e. The highest BCUT2D eigenvalue weighted by Gasteiger charge is 2.14. The van der Waals surface area contributed by atoms with Crippen molar-refractivity contribution in [1.29, 1.82) is 0 Å². The monoisotopic (exact) mass is 372 g/mol. The quantitative estimate of drug-likeness (QED) is 0.705. The molecule has 3 rings (SSSR count). The summed E-state index contributed by atoms with van der Waals surface area (Å²) in [6.45, 7) is 3.97. The molecule has 5 nitrogen and oxygen atoms in total. The lowest BCUT2D eigenvalue weighted by Gasteiger charge is -2.16. The van der Waals surface area contributed by atoms with Crippen molar-refractivity contribution in [2.75, 3.05) is 11.9 Å². The van der Waals surface area contributed by atoms with Crippen LogP contribution in [0.3, 0.4) is 0 Å². The van der Waals surface area contributed by atoms with Gasteiger partial charge in [-0.3, -0.25) is 4.98 Å². The van der Waals surface area contributed by atoms with E-state index >= 15 is 0 Å². The van der Waals surface area contributed by atoms with E-state index in [1.807, 2.05) is 26.0 Å². The van der Waals surface area contributed by atoms with Gasteiger partial charge in [-0.2, -0.15) is 0 Å². The first-order chi connectivity index (χ1) is 12.5. The van der Waals surface area contributed by atoms with Crippen LogP contribution in [0.15, 0.2) is 42.7 Å². The van der Waals surface area contributed by atoms with Crippen LogP contribution < -0.4 is 5.32 Å². The third-order valence-electron chi connectivity index (χ3n) is 4.10. The van der Waals surface area contributed by atoms with E-state index in [2.05, 4.69) is 20.3 Å². The molecular weight excluding hydrogens is 355 g/mol. The van der Waals surface area contributed by atoms with Crippen molar-refractivity contribution >= 4 is 17.4 Å². The lowest BCUT2D eigenvalue weighted by molar-refractivity contribution is 0.191. The molecule has 0 aliphatic heterocycles. The van der Waals surface area contributed by atoms with Gasteiger partial charge in [0.1, 0.15) is 11.6 Å². The number of halogens is 2. The summed E-state index contributed by atoms with van der Waals surface area (Å²) >= 11 is 5.68. The molecule has 0 amide bonds. The van der Waals surface area contributed by atoms with E-state index in [0.717, 1.165) is 16.8 Å². The molecule has 2 aromatic heterocycles. The number of nitrogens with zero attached hydrogens (tertiary/aromatic N) is 3. The van der Waals surface area contributed by atoms with Crippen LogP contribution in [0.25, 0.3) is 11.4 Å². The molecule has 134 valence electrons. The van der Waals surface area contributed by atoms with Crippen LogP contribution in [0.1, 0.15) is 22.9 Å². The first-order valence-corrected chi connectivity index (χ1v) is 8.46. The molecule has 2 heterocycles. The second kappa shape index (κ2) is 7.76. The maximum absolute atomic E-state index is 13.6. The summed E-state index contributed by atoms with van der Waals surface area (Å²) in [5.41, 5.74) is 2.95. The molecule has 26 heavy (non-hydrogen) atoms. The number of hydrogen-bond donors (Lipinski definition) is 2. The van der Waals surface area contributed by atoms with Crippen molar-refractivity contribution in [1.82, 2.24) is 15.0 Å². The Kier molecular flexibility index (Phi) is 5.44. The van der Waals surface area contributed by atoms with Crippen molar-refractivity contribution < 1.29 is 9.50 Å². The zero-order valence-electron chi connectivity index (χ0n) is 14.4. The van der Waals surface area contributed by atoms with Crippen molar-refractivity contribution in [3.8, 4) is 11.4 Å². The normalized spacial score (nSPS) is 12.0. The highest BCUT2D eigenvalue weighted by atomic mass is 35.5. The van der Waals surface area contributed by atoms with E-state index in [4.69, 9.17) is 11.6 Å². The molecule has 0 fully saturated rings. The number of aryl methyl sites for hydroxylation is 1. The fourth-order valence-corrected chi connectivity index (χ4v) is 2.57. The summed E-state index contributed by atoms with van der Waals surface area (Å²) in [5.74, 6) is 0.608. The van der Waals surface area contributed by atoms with Gasteiger partial charge in [0.15, 0.2) is 5.82 Å². The van der Waals surface area contributed by atoms with E-state index < -0.39 is 11.9 Å². The van der Waals surface area contributed by atoms with Gasteiger partial charge < -0.3 is 10.4 Å². The number of hydrogen-bond acceptors (Lipinski definition) is 5. The van der Waals surface area contributed by atoms with Crippen molar-refractivity contribution in [3.05, 3.63) is 70.4 Å². The van der Waals surface area contributed by atoms with E-state index in [1.54, 1.807) is 18.5 Å². The van der Waals surface area contributed by atoms with Gasteiger partial charge in [0.2, 0.25) is 0 Å². The Bertz CT molecular complexity index is 921. The third-order valence-corrected chi connectivity index (χ3v) is 4.41. The number of aliphatic hydroxyl groups is 1. The molecule has 0 saturated carbocycles. The van der Waals surface area contributed by atoms with Gasteiger partial charge in [-0.05, 0) is 43.7 Å². The van der Waals surface area contributed by atoms with Gasteiger partial charge >= 0.3 is 0 Å². The first kappa shape index (κ1) is 18.2. The highest BCUT2D eigenvalue weighted by molar-refractivity contribution is 6.30. The van der Waals surface area contributed by atoms with Gasteiger partial charge in [0, 0.05) is 35.8 Å². The van der Waals surface area contributed by atoms with Crippen molar-refractivity contribution in [2.45, 2.75) is 20.0 Å². The second-order valence-electron chi connectivity index (χ2n) is 5.92. The van der Waals surface area contributed by atoms with Gasteiger partial charge in [-0.25, -0.2) is 14.4 Å². The van der Waals surface area contributed by atoms with Crippen LogP contribution >= 0.6 is 11.6 Å². The lowest BCUT2D eigenvalue weighted by atomic mass is 10.1. The van der Waals surface area contributed by atoms with Crippen molar-refractivity contribution in [3.63, 3.8) is 0 Å². The maximum atomic E-state index is 13.6. The Hall–Kier alpha value is -2.57. The highest BCUT2D eigenvalue weighted by Crippen LogP contribution is 2.23. The Morgan fingerprint density at radius 1 is 1.23 bits per heavy atom. The molecule has 7 heteroatoms. The Balaban J connectivity index is 1.81. The second-order valence-corrected chi connectivity index (χ2v) is 6.33. The molecule has 0 radical (unpaired) electrons. The molecule has 0 spiro atoms. The van der Waals surface area contributed by atoms with Crippen LogP contribution in [-0.4, -0.2) is 26.6 Å². The van der Waals surface area contributed by atoms with Gasteiger partial charge in [-0.15, -0.1) is 0 Å². The summed E-state index contributed by atoms with van der Waals surface area (Å²) in [5, 5.41) is 13.5. The minimum atomic E-state index is -0.904. The Morgan fingerprint density at radius 2 is 2.04 bits per heavy atom. The fraction of sp³-hybridized carbons (Fsp3) is 0.211. The average molecular weight is 373 g/mol. The van der Waals surface area contributed by atoms with Crippen LogP contribution in [-0.2, 0) is 0 Å². The topological polar surface area (TPSA) is 70.9 Å². The number of benzene rings is 1. The van der Waals surface area contributed by atoms with E-state index in [-0.39, 0.29) is 11.6 Å². The molecule has 1 atom stereocenters. The lowest BCUT2D eigenvalue weighted by Crippen LogP contribution is -2.15. The van der Waals surface area contributed by atoms with Crippen LogP contribution in [0.5, 0.6) is 0 Å². The van der Waals surface area contributed by atoms with Crippen LogP contribution in [0.4, 0.5) is 10.2 Å². The SMILES string of the molecule is Cc1nc(-c2cccnc2)nc(NCC(O)c2ccc(Cl)c(F)c2)c1C. The van der Waals surface area contributed by atoms with E-state index in [0.29, 0.717) is 17.2 Å². The first-order valence-electron chi connectivity index (χ1n) is 8.08. The third kappa shape index (κ3) is 3.98. The number of anilines is 1. The molecular formula is C19H18ClFN4O. The molecule has 0 saturated heterocycles. The standard InChI is InChI=1S/C19H18ClFN4O/c1-11-12(2)24-19(14-4-3-7-22-9-14)25-18(11)23-10-17(26)13-5-6-15(20)16(21)8-13/h3-9,17,26H,10H2,1-2H3,(H,23,24,25). The molecule has 3 aromatic rings. The predicted octanol–water partition coefficient (Wildman–Crippen LogP) is 4.09. The minimum Gasteiger partial charge on any atom is -0.387 e. The zero-order chi connectivity index (χ0) is 18.7. The summed E-state index contributed by atoms with van der Waals surface area (Å²) in [6.07, 6.45) is 2.48. The fourth-order valence-electron chi connectivity index (χ4n) is 2.46. The van der Waals surface area contributed by atoms with Gasteiger partial charge in [-0.1, -0.05) is 17.7 Å². The predicted molar refractivity (Wildman–Crippen MR) is 99.6 cm³/mol. The molecule has 1 unspecified atom stereocenters. The van der Waals surface area contributed by atoms with Crippen LogP contribution in [0, 0.1) is 19.7 Å².